The Bertz CT molecular complexity index is 1470. The molecular weight excluding hydrogens is 513 g/mol. The number of benzene rings is 2. The molecule has 0 saturated carbocycles. The molecule has 2 aromatic heterocycles. The topological polar surface area (TPSA) is 105 Å². The fraction of sp³-hybridized carbons (Fsp3) is 0.0800. The first-order valence-electron chi connectivity index (χ1n) is 10.6. The number of nitrogens with zero attached hydrogens (tertiary/aromatic N) is 2. The van der Waals surface area contributed by atoms with Gasteiger partial charge in [0, 0.05) is 36.9 Å². The number of hydrogen-bond donors (Lipinski definition) is 3. The van der Waals surface area contributed by atoms with Crippen LogP contribution < -0.4 is 15.4 Å². The zero-order chi connectivity index (χ0) is 26.7. The van der Waals surface area contributed by atoms with E-state index in [9.17, 15) is 27.9 Å². The summed E-state index contributed by atoms with van der Waals surface area (Å²) in [4.78, 5) is 27.7. The number of carboxylic acid groups (broad SMARTS) is 1. The zero-order valence-corrected chi connectivity index (χ0v) is 19.8. The lowest BCUT2D eigenvalue weighted by molar-refractivity contribution is -0.137. The van der Waals surface area contributed by atoms with Gasteiger partial charge in [0.25, 0.3) is 0 Å². The standard InChI is InChI=1S/C25H18ClF3N4O4/c1-33-13-14(23(34)35)10-22(33)21-12-18(8-9-30-21)37-17-5-2-15(3-6-17)31-24(36)32-16-4-7-20(26)19(11-16)25(27,28)29/h2-13H,1H3,(H,34,35)(H2,31,32,36). The number of ether oxygens (including phenoxy) is 1. The largest absolute Gasteiger partial charge is 0.478 e. The molecule has 4 rings (SSSR count). The van der Waals surface area contributed by atoms with Crippen molar-refractivity contribution in [3.63, 3.8) is 0 Å². The zero-order valence-electron chi connectivity index (χ0n) is 19.0. The van der Waals surface area contributed by atoms with Crippen molar-refractivity contribution in [2.75, 3.05) is 10.6 Å². The van der Waals surface area contributed by atoms with Crippen LogP contribution in [0.25, 0.3) is 11.4 Å². The Kier molecular flexibility index (Phi) is 7.07. The highest BCUT2D eigenvalue weighted by Crippen LogP contribution is 2.36. The predicted octanol–water partition coefficient (Wildman–Crippen LogP) is 6.89. The van der Waals surface area contributed by atoms with Crippen LogP contribution in [0.2, 0.25) is 5.02 Å². The van der Waals surface area contributed by atoms with E-state index in [1.54, 1.807) is 48.0 Å². The number of anilines is 2. The first-order valence-corrected chi connectivity index (χ1v) is 11.0. The number of amides is 2. The van der Waals surface area contributed by atoms with Crippen LogP contribution in [0, 0.1) is 0 Å². The first-order chi connectivity index (χ1) is 17.5. The molecule has 0 aliphatic carbocycles. The Balaban J connectivity index is 1.41. The number of hydrogen-bond acceptors (Lipinski definition) is 4. The number of pyridine rings is 1. The van der Waals surface area contributed by atoms with E-state index >= 15 is 0 Å². The van der Waals surface area contributed by atoms with E-state index in [1.807, 2.05) is 0 Å². The molecule has 190 valence electrons. The van der Waals surface area contributed by atoms with Gasteiger partial charge < -0.3 is 25.0 Å². The van der Waals surface area contributed by atoms with E-state index in [1.165, 1.54) is 24.5 Å². The summed E-state index contributed by atoms with van der Waals surface area (Å²) in [5.74, 6) is -0.158. The van der Waals surface area contributed by atoms with Crippen molar-refractivity contribution >= 4 is 35.0 Å². The summed E-state index contributed by atoms with van der Waals surface area (Å²) in [6, 6.07) is 13.4. The third-order valence-electron chi connectivity index (χ3n) is 5.12. The van der Waals surface area contributed by atoms with Gasteiger partial charge >= 0.3 is 18.2 Å². The Morgan fingerprint density at radius 3 is 2.30 bits per heavy atom. The maximum Gasteiger partial charge on any atom is 0.417 e. The van der Waals surface area contributed by atoms with Crippen molar-refractivity contribution in [2.24, 2.45) is 7.05 Å². The second-order valence-corrected chi connectivity index (χ2v) is 8.21. The minimum atomic E-state index is -4.65. The van der Waals surface area contributed by atoms with Gasteiger partial charge in [-0.2, -0.15) is 13.2 Å². The Labute approximate surface area is 213 Å². The van der Waals surface area contributed by atoms with Crippen molar-refractivity contribution < 1.29 is 32.6 Å². The molecule has 0 radical (unpaired) electrons. The van der Waals surface area contributed by atoms with Crippen LogP contribution >= 0.6 is 11.6 Å². The molecule has 8 nitrogen and oxygen atoms in total. The molecule has 0 atom stereocenters. The first kappa shape index (κ1) is 25.6. The number of halogens is 4. The van der Waals surface area contributed by atoms with Crippen LogP contribution in [0.3, 0.4) is 0 Å². The van der Waals surface area contributed by atoms with Crippen molar-refractivity contribution in [3.8, 4) is 22.9 Å². The van der Waals surface area contributed by atoms with Crippen molar-refractivity contribution in [2.45, 2.75) is 6.18 Å². The van der Waals surface area contributed by atoms with Gasteiger partial charge in [0.15, 0.2) is 0 Å². The van der Waals surface area contributed by atoms with Crippen molar-refractivity contribution in [3.05, 3.63) is 89.2 Å². The predicted molar refractivity (Wildman–Crippen MR) is 131 cm³/mol. The molecule has 2 amide bonds. The fourth-order valence-corrected chi connectivity index (χ4v) is 3.63. The molecule has 0 aliphatic heterocycles. The summed E-state index contributed by atoms with van der Waals surface area (Å²) in [6.07, 6.45) is -1.64. The molecule has 3 N–H and O–H groups in total. The maximum absolute atomic E-state index is 13.0. The molecule has 12 heteroatoms. The minimum absolute atomic E-state index is 0.0728. The third-order valence-corrected chi connectivity index (χ3v) is 5.45. The van der Waals surface area contributed by atoms with Crippen LogP contribution in [-0.4, -0.2) is 26.7 Å². The average Bonchev–Trinajstić information content (AvgIpc) is 3.23. The lowest BCUT2D eigenvalue weighted by Crippen LogP contribution is -2.19. The molecule has 4 aromatic rings. The van der Waals surface area contributed by atoms with Gasteiger partial charge in [-0.25, -0.2) is 9.59 Å². The Hall–Kier alpha value is -4.51. The molecule has 0 aliphatic rings. The lowest BCUT2D eigenvalue weighted by atomic mass is 10.2. The van der Waals surface area contributed by atoms with Crippen LogP contribution in [0.1, 0.15) is 15.9 Å². The molecule has 0 unspecified atom stereocenters. The van der Waals surface area contributed by atoms with E-state index in [0.29, 0.717) is 28.6 Å². The van der Waals surface area contributed by atoms with Crippen molar-refractivity contribution in [1.82, 2.24) is 9.55 Å². The normalized spacial score (nSPS) is 11.2. The van der Waals surface area contributed by atoms with Gasteiger partial charge in [-0.1, -0.05) is 11.6 Å². The number of aromatic carboxylic acids is 1. The van der Waals surface area contributed by atoms with Gasteiger partial charge in [0.05, 0.1) is 27.5 Å². The molecular formula is C25H18ClF3N4O4. The summed E-state index contributed by atoms with van der Waals surface area (Å²) >= 11 is 5.59. The molecule has 0 bridgehead atoms. The number of aryl methyl sites for hydroxylation is 1. The highest BCUT2D eigenvalue weighted by atomic mass is 35.5. The molecule has 37 heavy (non-hydrogen) atoms. The monoisotopic (exact) mass is 530 g/mol. The SMILES string of the molecule is Cn1cc(C(=O)O)cc1-c1cc(Oc2ccc(NC(=O)Nc3ccc(Cl)c(C(F)(F)F)c3)cc2)ccn1. The van der Waals surface area contributed by atoms with Gasteiger partial charge in [0.2, 0.25) is 0 Å². The smallest absolute Gasteiger partial charge is 0.417 e. The molecule has 0 fully saturated rings. The number of alkyl halides is 3. The maximum atomic E-state index is 13.0. The number of urea groups is 1. The fourth-order valence-electron chi connectivity index (χ4n) is 3.41. The number of carboxylic acids is 1. The molecule has 2 aromatic carbocycles. The molecule has 0 spiro atoms. The van der Waals surface area contributed by atoms with E-state index in [0.717, 1.165) is 12.1 Å². The van der Waals surface area contributed by atoms with Crippen LogP contribution in [0.15, 0.2) is 73.1 Å². The summed E-state index contributed by atoms with van der Waals surface area (Å²) in [5.41, 5.74) is 0.484. The number of carbonyl (C=O) groups excluding carboxylic acids is 1. The van der Waals surface area contributed by atoms with Crippen LogP contribution in [-0.2, 0) is 13.2 Å². The minimum Gasteiger partial charge on any atom is -0.478 e. The number of nitrogens with one attached hydrogen (secondary N) is 2. The van der Waals surface area contributed by atoms with E-state index in [2.05, 4.69) is 15.6 Å². The summed E-state index contributed by atoms with van der Waals surface area (Å²) < 4.78 is 46.5. The number of aromatic nitrogens is 2. The highest BCUT2D eigenvalue weighted by molar-refractivity contribution is 6.31. The van der Waals surface area contributed by atoms with Crippen LogP contribution in [0.5, 0.6) is 11.5 Å². The lowest BCUT2D eigenvalue weighted by Gasteiger charge is -2.12. The quantitative estimate of drug-likeness (QED) is 0.251. The van der Waals surface area contributed by atoms with Crippen LogP contribution in [0.4, 0.5) is 29.3 Å². The van der Waals surface area contributed by atoms with E-state index < -0.39 is 28.8 Å². The van der Waals surface area contributed by atoms with E-state index in [-0.39, 0.29) is 11.3 Å². The average molecular weight is 531 g/mol. The molecule has 2 heterocycles. The van der Waals surface area contributed by atoms with Gasteiger partial charge in [-0.15, -0.1) is 0 Å². The highest BCUT2D eigenvalue weighted by Gasteiger charge is 2.33. The number of carbonyl (C=O) groups is 2. The summed E-state index contributed by atoms with van der Waals surface area (Å²) in [6.45, 7) is 0. The van der Waals surface area contributed by atoms with Gasteiger partial charge in [0.1, 0.15) is 11.5 Å². The Morgan fingerprint density at radius 1 is 0.973 bits per heavy atom. The second kappa shape index (κ2) is 10.2. The second-order valence-electron chi connectivity index (χ2n) is 7.80. The number of rotatable bonds is 6. The van der Waals surface area contributed by atoms with Gasteiger partial charge in [-0.05, 0) is 54.6 Å². The van der Waals surface area contributed by atoms with E-state index in [4.69, 9.17) is 16.3 Å². The van der Waals surface area contributed by atoms with Crippen molar-refractivity contribution in [1.29, 1.82) is 0 Å². The summed E-state index contributed by atoms with van der Waals surface area (Å²) in [7, 11) is 1.71. The summed E-state index contributed by atoms with van der Waals surface area (Å²) in [5, 5.41) is 13.6. The van der Waals surface area contributed by atoms with Gasteiger partial charge in [-0.3, -0.25) is 4.98 Å². The Morgan fingerprint density at radius 2 is 1.65 bits per heavy atom. The third kappa shape index (κ3) is 6.19. The molecule has 0 saturated heterocycles.